The number of rotatable bonds is 2. The number of aliphatic hydroxyl groups is 1. The zero-order valence-electron chi connectivity index (χ0n) is 8.12. The van der Waals surface area contributed by atoms with E-state index in [4.69, 9.17) is 16.7 Å². The molecule has 0 aliphatic heterocycles. The highest BCUT2D eigenvalue weighted by atomic mass is 35.5. The number of para-hydroxylation sites is 1. The number of halogens is 3. The van der Waals surface area contributed by atoms with Gasteiger partial charge in [0.25, 0.3) is 5.92 Å². The summed E-state index contributed by atoms with van der Waals surface area (Å²) < 4.78 is 26.6. The van der Waals surface area contributed by atoms with Gasteiger partial charge in [-0.15, -0.1) is 0 Å². The number of hydrogen-bond donors (Lipinski definition) is 1. The van der Waals surface area contributed by atoms with Crippen LogP contribution in [0.1, 0.15) is 5.56 Å². The number of aliphatic hydroxyl groups excluding tert-OH is 1. The Bertz CT molecular complexity index is 530. The molecule has 1 heterocycles. The largest absolute Gasteiger partial charge is 0.390 e. The molecule has 0 amide bonds. The highest BCUT2D eigenvalue weighted by Crippen LogP contribution is 2.33. The molecule has 1 aromatic heterocycles. The number of hydrogen-bond acceptors (Lipinski definition) is 2. The quantitative estimate of drug-likeness (QED) is 0.823. The lowest BCUT2D eigenvalue weighted by Crippen LogP contribution is -2.19. The Morgan fingerprint density at radius 1 is 1.31 bits per heavy atom. The number of pyridine rings is 1. The summed E-state index contributed by atoms with van der Waals surface area (Å²) in [4.78, 5) is 3.86. The fourth-order valence-electron chi connectivity index (χ4n) is 1.43. The normalized spacial score (nSPS) is 12.0. The van der Waals surface area contributed by atoms with Crippen LogP contribution in [-0.2, 0) is 5.92 Å². The molecule has 16 heavy (non-hydrogen) atoms. The summed E-state index contributed by atoms with van der Waals surface area (Å²) in [6, 6.07) is 8.06. The maximum absolute atomic E-state index is 13.3. The van der Waals surface area contributed by atoms with Gasteiger partial charge in [-0.05, 0) is 12.1 Å². The van der Waals surface area contributed by atoms with Crippen LogP contribution >= 0.6 is 11.6 Å². The molecule has 0 fully saturated rings. The fourth-order valence-corrected chi connectivity index (χ4v) is 1.72. The summed E-state index contributed by atoms with van der Waals surface area (Å²) in [5.74, 6) is -3.37. The molecule has 0 unspecified atom stereocenters. The topological polar surface area (TPSA) is 33.1 Å². The second-order valence-corrected chi connectivity index (χ2v) is 3.74. The van der Waals surface area contributed by atoms with E-state index in [0.29, 0.717) is 10.9 Å². The van der Waals surface area contributed by atoms with Gasteiger partial charge < -0.3 is 5.11 Å². The minimum Gasteiger partial charge on any atom is -0.390 e. The molecule has 0 atom stereocenters. The van der Waals surface area contributed by atoms with Crippen LogP contribution in [-0.4, -0.2) is 16.7 Å². The zero-order valence-corrected chi connectivity index (χ0v) is 8.88. The van der Waals surface area contributed by atoms with Crippen LogP contribution in [0, 0.1) is 0 Å². The lowest BCUT2D eigenvalue weighted by molar-refractivity contribution is -0.0556. The van der Waals surface area contributed by atoms with Gasteiger partial charge in [0.2, 0.25) is 0 Å². The standard InChI is InChI=1S/C11H8ClF2NO/c12-10-8(11(13,14)6-16)5-7-3-1-2-4-9(7)15-10/h1-5,16H,6H2. The zero-order chi connectivity index (χ0) is 11.8. The fraction of sp³-hybridized carbons (Fsp3) is 0.182. The van der Waals surface area contributed by atoms with Crippen molar-refractivity contribution in [1.29, 1.82) is 0 Å². The molecule has 2 rings (SSSR count). The van der Waals surface area contributed by atoms with E-state index in [1.807, 2.05) is 0 Å². The van der Waals surface area contributed by atoms with Crippen molar-refractivity contribution in [2.24, 2.45) is 0 Å². The van der Waals surface area contributed by atoms with E-state index in [1.54, 1.807) is 24.3 Å². The van der Waals surface area contributed by atoms with Crippen molar-refractivity contribution in [3.05, 3.63) is 41.0 Å². The van der Waals surface area contributed by atoms with Crippen LogP contribution in [0.2, 0.25) is 5.15 Å². The Balaban J connectivity index is 2.67. The summed E-state index contributed by atoms with van der Waals surface area (Å²) in [6.07, 6.45) is 0. The van der Waals surface area contributed by atoms with Gasteiger partial charge in [-0.2, -0.15) is 8.78 Å². The van der Waals surface area contributed by atoms with Crippen LogP contribution in [0.3, 0.4) is 0 Å². The van der Waals surface area contributed by atoms with E-state index in [1.165, 1.54) is 6.07 Å². The molecule has 84 valence electrons. The van der Waals surface area contributed by atoms with E-state index >= 15 is 0 Å². The lowest BCUT2D eigenvalue weighted by Gasteiger charge is -2.15. The van der Waals surface area contributed by atoms with Crippen LogP contribution in [0.4, 0.5) is 8.78 Å². The molecule has 0 aliphatic carbocycles. The summed E-state index contributed by atoms with van der Waals surface area (Å²) in [5.41, 5.74) is 0.0976. The average molecular weight is 244 g/mol. The highest BCUT2D eigenvalue weighted by molar-refractivity contribution is 6.30. The summed E-state index contributed by atoms with van der Waals surface area (Å²) >= 11 is 5.66. The molecular formula is C11H8ClF2NO. The predicted molar refractivity (Wildman–Crippen MR) is 57.7 cm³/mol. The first kappa shape index (κ1) is 11.2. The summed E-state index contributed by atoms with van der Waals surface area (Å²) in [5, 5.41) is 8.89. The third-order valence-corrected chi connectivity index (χ3v) is 2.56. The minimum atomic E-state index is -3.37. The number of aromatic nitrogens is 1. The third kappa shape index (κ3) is 1.86. The van der Waals surface area contributed by atoms with Crippen molar-refractivity contribution < 1.29 is 13.9 Å². The Kier molecular flexibility index (Phi) is 2.78. The van der Waals surface area contributed by atoms with Gasteiger partial charge in [-0.3, -0.25) is 0 Å². The number of fused-ring (bicyclic) bond motifs is 1. The first-order chi connectivity index (χ1) is 7.54. The summed E-state index contributed by atoms with van der Waals surface area (Å²) in [6.45, 7) is -1.28. The molecule has 0 aliphatic rings. The van der Waals surface area contributed by atoms with Gasteiger partial charge in [0.15, 0.2) is 0 Å². The van der Waals surface area contributed by atoms with Gasteiger partial charge in [0.1, 0.15) is 11.8 Å². The number of alkyl halides is 2. The predicted octanol–water partition coefficient (Wildman–Crippen LogP) is 2.97. The van der Waals surface area contributed by atoms with Crippen LogP contribution < -0.4 is 0 Å². The van der Waals surface area contributed by atoms with Crippen molar-refractivity contribution in [3.63, 3.8) is 0 Å². The molecule has 0 saturated heterocycles. The van der Waals surface area contributed by atoms with Crippen molar-refractivity contribution in [2.45, 2.75) is 5.92 Å². The molecule has 0 saturated carbocycles. The SMILES string of the molecule is OCC(F)(F)c1cc2ccccc2nc1Cl. The maximum Gasteiger partial charge on any atom is 0.298 e. The maximum atomic E-state index is 13.3. The Labute approximate surface area is 95.5 Å². The smallest absolute Gasteiger partial charge is 0.298 e. The Morgan fingerprint density at radius 3 is 2.69 bits per heavy atom. The van der Waals surface area contributed by atoms with Crippen molar-refractivity contribution in [3.8, 4) is 0 Å². The molecule has 1 N–H and O–H groups in total. The van der Waals surface area contributed by atoms with Crippen molar-refractivity contribution >= 4 is 22.5 Å². The second-order valence-electron chi connectivity index (χ2n) is 3.38. The summed E-state index contributed by atoms with van der Waals surface area (Å²) in [7, 11) is 0. The van der Waals surface area contributed by atoms with Gasteiger partial charge in [-0.25, -0.2) is 4.98 Å². The van der Waals surface area contributed by atoms with E-state index in [9.17, 15) is 8.78 Å². The van der Waals surface area contributed by atoms with Crippen LogP contribution in [0.15, 0.2) is 30.3 Å². The first-order valence-electron chi connectivity index (χ1n) is 4.59. The van der Waals surface area contributed by atoms with E-state index in [2.05, 4.69) is 4.98 Å². The van der Waals surface area contributed by atoms with Gasteiger partial charge in [0.05, 0.1) is 11.1 Å². The third-order valence-electron chi connectivity index (χ3n) is 2.27. The highest BCUT2D eigenvalue weighted by Gasteiger charge is 2.33. The van der Waals surface area contributed by atoms with Crippen molar-refractivity contribution in [1.82, 2.24) is 4.98 Å². The molecular weight excluding hydrogens is 236 g/mol. The molecule has 0 bridgehead atoms. The van der Waals surface area contributed by atoms with E-state index < -0.39 is 18.1 Å². The van der Waals surface area contributed by atoms with E-state index in [-0.39, 0.29) is 5.15 Å². The Morgan fingerprint density at radius 2 is 2.00 bits per heavy atom. The average Bonchev–Trinajstić information content (AvgIpc) is 2.28. The molecule has 0 radical (unpaired) electrons. The molecule has 0 spiro atoms. The lowest BCUT2D eigenvalue weighted by atomic mass is 10.1. The molecule has 5 heteroatoms. The molecule has 2 aromatic rings. The van der Waals surface area contributed by atoms with E-state index in [0.717, 1.165) is 0 Å². The Hall–Kier alpha value is -1.26. The molecule has 1 aromatic carbocycles. The van der Waals surface area contributed by atoms with Crippen LogP contribution in [0.25, 0.3) is 10.9 Å². The number of nitrogens with zero attached hydrogens (tertiary/aromatic N) is 1. The van der Waals surface area contributed by atoms with Gasteiger partial charge >= 0.3 is 0 Å². The number of benzene rings is 1. The van der Waals surface area contributed by atoms with Gasteiger partial charge in [-0.1, -0.05) is 29.8 Å². The first-order valence-corrected chi connectivity index (χ1v) is 4.97. The monoisotopic (exact) mass is 243 g/mol. The van der Waals surface area contributed by atoms with Crippen LogP contribution in [0.5, 0.6) is 0 Å². The molecule has 2 nitrogen and oxygen atoms in total. The minimum absolute atomic E-state index is 0.280. The second kappa shape index (κ2) is 3.96. The van der Waals surface area contributed by atoms with Gasteiger partial charge in [0, 0.05) is 5.39 Å². The van der Waals surface area contributed by atoms with Crippen molar-refractivity contribution in [2.75, 3.05) is 6.61 Å².